The van der Waals surface area contributed by atoms with Crippen molar-refractivity contribution in [3.8, 4) is 17.9 Å². The Labute approximate surface area is 123 Å². The molecule has 1 N–H and O–H groups in total. The molecule has 0 aromatic heterocycles. The van der Waals surface area contributed by atoms with Crippen LogP contribution in [0.1, 0.15) is 18.9 Å². The van der Waals surface area contributed by atoms with Crippen LogP contribution in [0.2, 0.25) is 0 Å². The summed E-state index contributed by atoms with van der Waals surface area (Å²) in [6, 6.07) is 5.28. The lowest BCUT2D eigenvalue weighted by molar-refractivity contribution is 0.350. The van der Waals surface area contributed by atoms with E-state index in [2.05, 4.69) is 11.8 Å². The fourth-order valence-electron chi connectivity index (χ4n) is 1.66. The van der Waals surface area contributed by atoms with Crippen LogP contribution < -0.4 is 0 Å². The van der Waals surface area contributed by atoms with Gasteiger partial charge in [0.05, 0.1) is 16.5 Å². The van der Waals surface area contributed by atoms with Crippen LogP contribution in [0.4, 0.5) is 4.39 Å². The molecule has 0 radical (unpaired) electrons. The molecule has 0 aliphatic carbocycles. The number of aliphatic hydroxyl groups is 1. The van der Waals surface area contributed by atoms with E-state index in [1.165, 1.54) is 12.1 Å². The van der Waals surface area contributed by atoms with Crippen LogP contribution in [0.25, 0.3) is 0 Å². The highest BCUT2D eigenvalue weighted by Crippen LogP contribution is 2.19. The second-order valence-corrected chi connectivity index (χ2v) is 5.94. The van der Waals surface area contributed by atoms with Crippen molar-refractivity contribution in [1.82, 2.24) is 4.31 Å². The van der Waals surface area contributed by atoms with Gasteiger partial charge in [0.2, 0.25) is 10.0 Å². The van der Waals surface area contributed by atoms with E-state index < -0.39 is 22.4 Å². The van der Waals surface area contributed by atoms with Gasteiger partial charge in [-0.2, -0.15) is 9.57 Å². The molecule has 0 saturated heterocycles. The smallest absolute Gasteiger partial charge is 0.243 e. The number of sulfonamides is 1. The number of halogens is 1. The zero-order valence-electron chi connectivity index (χ0n) is 11.5. The fourth-order valence-corrected chi connectivity index (χ4v) is 3.13. The van der Waals surface area contributed by atoms with E-state index in [1.807, 2.05) is 6.07 Å². The van der Waals surface area contributed by atoms with Gasteiger partial charge in [0, 0.05) is 19.5 Å². The average molecular weight is 310 g/mol. The molecule has 0 saturated carbocycles. The van der Waals surface area contributed by atoms with Gasteiger partial charge in [-0.3, -0.25) is 0 Å². The summed E-state index contributed by atoms with van der Waals surface area (Å²) in [5, 5.41) is 17.1. The molecule has 5 nitrogen and oxygen atoms in total. The number of hydrogen-bond acceptors (Lipinski definition) is 4. The van der Waals surface area contributed by atoms with Gasteiger partial charge < -0.3 is 5.11 Å². The topological polar surface area (TPSA) is 81.4 Å². The number of benzene rings is 1. The van der Waals surface area contributed by atoms with Crippen LogP contribution in [0.15, 0.2) is 23.1 Å². The van der Waals surface area contributed by atoms with Gasteiger partial charge in [-0.05, 0) is 18.2 Å². The highest BCUT2D eigenvalue weighted by Gasteiger charge is 2.23. The Morgan fingerprint density at radius 3 is 2.67 bits per heavy atom. The number of nitrogens with zero attached hydrogens (tertiary/aromatic N) is 2. The summed E-state index contributed by atoms with van der Waals surface area (Å²) in [5.74, 6) is 3.92. The predicted molar refractivity (Wildman–Crippen MR) is 75.0 cm³/mol. The molecule has 0 heterocycles. The van der Waals surface area contributed by atoms with Crippen molar-refractivity contribution in [3.05, 3.63) is 29.6 Å². The molecule has 0 unspecified atom stereocenters. The van der Waals surface area contributed by atoms with E-state index in [9.17, 15) is 12.8 Å². The highest BCUT2D eigenvalue weighted by molar-refractivity contribution is 7.89. The van der Waals surface area contributed by atoms with Crippen molar-refractivity contribution >= 4 is 10.0 Å². The quantitative estimate of drug-likeness (QED) is 0.826. The average Bonchev–Trinajstić information content (AvgIpc) is 2.46. The van der Waals surface area contributed by atoms with Crippen LogP contribution >= 0.6 is 0 Å². The summed E-state index contributed by atoms with van der Waals surface area (Å²) in [7, 11) is -3.84. The minimum Gasteiger partial charge on any atom is -0.384 e. The first-order valence-corrected chi connectivity index (χ1v) is 7.67. The molecule has 0 spiro atoms. The van der Waals surface area contributed by atoms with Crippen molar-refractivity contribution in [3.63, 3.8) is 0 Å². The van der Waals surface area contributed by atoms with E-state index in [0.29, 0.717) is 0 Å². The van der Waals surface area contributed by atoms with Gasteiger partial charge in [-0.15, -0.1) is 0 Å². The molecule has 0 bridgehead atoms. The lowest BCUT2D eigenvalue weighted by Crippen LogP contribution is -2.31. The SMILES string of the molecule is CCN(CCC#N)S(=O)(=O)c1ccc(C#CCO)c(F)c1. The highest BCUT2D eigenvalue weighted by atomic mass is 32.2. The maximum absolute atomic E-state index is 13.8. The van der Waals surface area contributed by atoms with Crippen molar-refractivity contribution < 1.29 is 17.9 Å². The molecule has 21 heavy (non-hydrogen) atoms. The third kappa shape index (κ3) is 4.27. The Hall–Kier alpha value is -1.93. The molecule has 0 aliphatic rings. The maximum atomic E-state index is 13.8. The Balaban J connectivity index is 3.14. The third-order valence-electron chi connectivity index (χ3n) is 2.71. The first-order chi connectivity index (χ1) is 9.97. The number of aliphatic hydroxyl groups excluding tert-OH is 1. The molecule has 0 atom stereocenters. The predicted octanol–water partition coefficient (Wildman–Crippen LogP) is 1.09. The zero-order chi connectivity index (χ0) is 15.9. The standard InChI is InChI=1S/C14H15FN2O3S/c1-2-17(9-4-8-16)21(19,20)13-7-6-12(5-3-10-18)14(15)11-13/h6-7,11,18H,2,4,9-10H2,1H3. The first-order valence-electron chi connectivity index (χ1n) is 6.23. The summed E-state index contributed by atoms with van der Waals surface area (Å²) in [4.78, 5) is -0.186. The number of rotatable bonds is 5. The van der Waals surface area contributed by atoms with E-state index >= 15 is 0 Å². The molecule has 1 aromatic carbocycles. The van der Waals surface area contributed by atoms with Gasteiger partial charge >= 0.3 is 0 Å². The van der Waals surface area contributed by atoms with Gasteiger partial charge in [-0.1, -0.05) is 18.8 Å². The summed E-state index contributed by atoms with van der Waals surface area (Å²) in [6.45, 7) is 1.49. The summed E-state index contributed by atoms with van der Waals surface area (Å²) in [6.07, 6.45) is 0.0651. The van der Waals surface area contributed by atoms with Gasteiger partial charge in [-0.25, -0.2) is 12.8 Å². The summed E-state index contributed by atoms with van der Waals surface area (Å²) in [5.41, 5.74) is 0.0167. The van der Waals surface area contributed by atoms with Gasteiger partial charge in [0.1, 0.15) is 12.4 Å². The van der Waals surface area contributed by atoms with E-state index in [-0.39, 0.29) is 30.0 Å². The molecule has 0 amide bonds. The Kier molecular flexibility index (Phi) is 6.32. The first kappa shape index (κ1) is 17.1. The monoisotopic (exact) mass is 310 g/mol. The fraction of sp³-hybridized carbons (Fsp3) is 0.357. The summed E-state index contributed by atoms with van der Waals surface area (Å²) < 4.78 is 39.6. The molecule has 1 aromatic rings. The minimum atomic E-state index is -3.84. The summed E-state index contributed by atoms with van der Waals surface area (Å²) >= 11 is 0. The Bertz CT molecular complexity index is 699. The van der Waals surface area contributed by atoms with Crippen molar-refractivity contribution in [1.29, 1.82) is 5.26 Å². The van der Waals surface area contributed by atoms with Gasteiger partial charge in [0.25, 0.3) is 0 Å². The molecule has 7 heteroatoms. The molecule has 0 aliphatic heterocycles. The van der Waals surface area contributed by atoms with Crippen LogP contribution in [0.5, 0.6) is 0 Å². The van der Waals surface area contributed by atoms with E-state index in [4.69, 9.17) is 10.4 Å². The van der Waals surface area contributed by atoms with Crippen LogP contribution in [-0.4, -0.2) is 37.5 Å². The minimum absolute atomic E-state index is 0.0167. The maximum Gasteiger partial charge on any atom is 0.243 e. The van der Waals surface area contributed by atoms with Crippen molar-refractivity contribution in [2.75, 3.05) is 19.7 Å². The largest absolute Gasteiger partial charge is 0.384 e. The van der Waals surface area contributed by atoms with E-state index in [1.54, 1.807) is 6.92 Å². The second kappa shape index (κ2) is 7.75. The molecule has 112 valence electrons. The Morgan fingerprint density at radius 1 is 1.43 bits per heavy atom. The van der Waals surface area contributed by atoms with Crippen LogP contribution in [0.3, 0.4) is 0 Å². The molecular formula is C14H15FN2O3S. The second-order valence-electron chi connectivity index (χ2n) is 4.01. The number of nitriles is 1. The Morgan fingerprint density at radius 2 is 2.14 bits per heavy atom. The van der Waals surface area contributed by atoms with E-state index in [0.717, 1.165) is 10.4 Å². The lowest BCUT2D eigenvalue weighted by Gasteiger charge is -2.19. The van der Waals surface area contributed by atoms with Gasteiger partial charge in [0.15, 0.2) is 0 Å². The van der Waals surface area contributed by atoms with Crippen LogP contribution in [-0.2, 0) is 10.0 Å². The van der Waals surface area contributed by atoms with Crippen molar-refractivity contribution in [2.45, 2.75) is 18.2 Å². The van der Waals surface area contributed by atoms with Crippen LogP contribution in [0, 0.1) is 29.0 Å². The number of hydrogen-bond donors (Lipinski definition) is 1. The molecular weight excluding hydrogens is 295 g/mol. The normalized spacial score (nSPS) is 10.8. The molecule has 0 fully saturated rings. The third-order valence-corrected chi connectivity index (χ3v) is 4.68. The zero-order valence-corrected chi connectivity index (χ0v) is 12.3. The molecule has 1 rings (SSSR count). The van der Waals surface area contributed by atoms with Crippen molar-refractivity contribution in [2.24, 2.45) is 0 Å². The lowest BCUT2D eigenvalue weighted by atomic mass is 10.2.